The van der Waals surface area contributed by atoms with E-state index in [9.17, 15) is 9.90 Å². The van der Waals surface area contributed by atoms with Gasteiger partial charge in [0.15, 0.2) is 0 Å². The molecular formula is C34H36ClN3O3. The standard InChI is InChI=1S/C34H36ClN3O3/c1-3-28-31-27(36-37(28)2)16-6-4-5-9-20-38-32-25(18-19-26(35)30(31)32)24(33(38)34(39)40)15-11-21-41-29-17-10-13-22-12-7-8-14-23(22)29/h7-8,10,12-14,17-19H,3-6,9,11,15-16,20-21H2,1-2H3,(H,39,40). The number of hydrogen-bond donors (Lipinski definition) is 1. The van der Waals surface area contributed by atoms with Gasteiger partial charge in [0, 0.05) is 41.2 Å². The smallest absolute Gasteiger partial charge is 0.352 e. The maximum Gasteiger partial charge on any atom is 0.352 e. The fourth-order valence-electron chi connectivity index (χ4n) is 6.61. The summed E-state index contributed by atoms with van der Waals surface area (Å²) in [5.41, 5.74) is 6.33. The van der Waals surface area contributed by atoms with Gasteiger partial charge in [-0.15, -0.1) is 0 Å². The summed E-state index contributed by atoms with van der Waals surface area (Å²) in [4.78, 5) is 12.9. The van der Waals surface area contributed by atoms with Crippen molar-refractivity contribution in [2.75, 3.05) is 6.61 Å². The Kier molecular flexibility index (Phi) is 7.76. The summed E-state index contributed by atoms with van der Waals surface area (Å²) >= 11 is 7.00. The third-order valence-electron chi connectivity index (χ3n) is 8.43. The van der Waals surface area contributed by atoms with E-state index in [-0.39, 0.29) is 0 Å². The second-order valence-electron chi connectivity index (χ2n) is 10.9. The molecule has 3 heterocycles. The van der Waals surface area contributed by atoms with Crippen LogP contribution in [0.2, 0.25) is 5.02 Å². The van der Waals surface area contributed by atoms with Crippen molar-refractivity contribution in [3.63, 3.8) is 0 Å². The minimum Gasteiger partial charge on any atom is -0.493 e. The van der Waals surface area contributed by atoms with Gasteiger partial charge in [0.1, 0.15) is 11.4 Å². The van der Waals surface area contributed by atoms with Crippen molar-refractivity contribution in [3.8, 4) is 16.9 Å². The number of hydrogen-bond acceptors (Lipinski definition) is 3. The summed E-state index contributed by atoms with van der Waals surface area (Å²) in [6, 6.07) is 18.2. The first kappa shape index (κ1) is 27.4. The topological polar surface area (TPSA) is 69.3 Å². The number of carboxylic acid groups (broad SMARTS) is 1. The third kappa shape index (κ3) is 4.99. The Morgan fingerprint density at radius 2 is 1.80 bits per heavy atom. The van der Waals surface area contributed by atoms with Crippen molar-refractivity contribution < 1.29 is 14.6 Å². The molecule has 0 amide bonds. The second-order valence-corrected chi connectivity index (χ2v) is 11.3. The number of aryl methyl sites for hydroxylation is 4. The van der Waals surface area contributed by atoms with Crippen LogP contribution in [0.1, 0.15) is 66.5 Å². The normalized spacial score (nSPS) is 13.7. The number of benzene rings is 3. The van der Waals surface area contributed by atoms with Crippen molar-refractivity contribution in [2.45, 2.75) is 64.8 Å². The average molecular weight is 570 g/mol. The van der Waals surface area contributed by atoms with E-state index in [4.69, 9.17) is 21.4 Å². The van der Waals surface area contributed by atoms with Crippen LogP contribution in [0.25, 0.3) is 32.8 Å². The maximum atomic E-state index is 12.9. The van der Waals surface area contributed by atoms with Crippen LogP contribution in [0.15, 0.2) is 54.6 Å². The molecule has 0 saturated carbocycles. The van der Waals surface area contributed by atoms with Crippen molar-refractivity contribution >= 4 is 39.2 Å². The molecule has 0 fully saturated rings. The molecule has 5 aromatic rings. The predicted octanol–water partition coefficient (Wildman–Crippen LogP) is 8.24. The lowest BCUT2D eigenvalue weighted by Gasteiger charge is -2.14. The summed E-state index contributed by atoms with van der Waals surface area (Å²) in [6.45, 7) is 3.28. The van der Waals surface area contributed by atoms with Crippen LogP contribution >= 0.6 is 11.6 Å². The maximum absolute atomic E-state index is 12.9. The van der Waals surface area contributed by atoms with Crippen LogP contribution in [0.5, 0.6) is 5.75 Å². The number of halogens is 1. The van der Waals surface area contributed by atoms with Gasteiger partial charge in [-0.25, -0.2) is 4.79 Å². The Hall–Kier alpha value is -3.77. The minimum absolute atomic E-state index is 0.372. The van der Waals surface area contributed by atoms with Crippen molar-refractivity contribution in [3.05, 3.63) is 82.3 Å². The first-order chi connectivity index (χ1) is 20.0. The highest BCUT2D eigenvalue weighted by molar-refractivity contribution is 6.35. The van der Waals surface area contributed by atoms with Gasteiger partial charge in [0.2, 0.25) is 0 Å². The van der Waals surface area contributed by atoms with Gasteiger partial charge in [-0.05, 0) is 61.6 Å². The molecule has 1 N–H and O–H groups in total. The van der Waals surface area contributed by atoms with E-state index >= 15 is 0 Å². The van der Waals surface area contributed by atoms with E-state index < -0.39 is 5.97 Å². The molecular weight excluding hydrogens is 534 g/mol. The summed E-state index contributed by atoms with van der Waals surface area (Å²) in [7, 11) is 1.99. The Morgan fingerprint density at radius 3 is 2.63 bits per heavy atom. The van der Waals surface area contributed by atoms with Crippen LogP contribution < -0.4 is 4.74 Å². The van der Waals surface area contributed by atoms with Gasteiger partial charge in [0.25, 0.3) is 0 Å². The summed E-state index contributed by atoms with van der Waals surface area (Å²) in [5.74, 6) is -0.0473. The lowest BCUT2D eigenvalue weighted by Crippen LogP contribution is -2.12. The molecule has 2 aromatic heterocycles. The monoisotopic (exact) mass is 569 g/mol. The van der Waals surface area contributed by atoms with Crippen molar-refractivity contribution in [1.82, 2.24) is 14.3 Å². The molecule has 0 aliphatic carbocycles. The molecule has 0 saturated heterocycles. The highest BCUT2D eigenvalue weighted by atomic mass is 35.5. The second kappa shape index (κ2) is 11.6. The zero-order valence-electron chi connectivity index (χ0n) is 23.8. The first-order valence-corrected chi connectivity index (χ1v) is 15.1. The number of fused-ring (bicyclic) bond motifs is 3. The fourth-order valence-corrected chi connectivity index (χ4v) is 6.86. The molecule has 41 heavy (non-hydrogen) atoms. The number of ether oxygens (including phenoxy) is 1. The Balaban J connectivity index is 1.44. The summed E-state index contributed by atoms with van der Waals surface area (Å²) < 4.78 is 10.2. The first-order valence-electron chi connectivity index (χ1n) is 14.7. The zero-order valence-corrected chi connectivity index (χ0v) is 24.5. The van der Waals surface area contributed by atoms with Crippen molar-refractivity contribution in [1.29, 1.82) is 0 Å². The Labute approximate surface area is 245 Å². The molecule has 6 rings (SSSR count). The van der Waals surface area contributed by atoms with Crippen LogP contribution in [0, 0.1) is 0 Å². The number of nitrogens with zero attached hydrogens (tertiary/aromatic N) is 3. The Morgan fingerprint density at radius 1 is 1.00 bits per heavy atom. The van der Waals surface area contributed by atoms with Gasteiger partial charge in [0.05, 0.1) is 22.8 Å². The summed E-state index contributed by atoms with van der Waals surface area (Å²) in [5, 5.41) is 19.3. The average Bonchev–Trinajstić information content (AvgIpc) is 3.45. The lowest BCUT2D eigenvalue weighted by molar-refractivity contribution is 0.0684. The Bertz CT molecular complexity index is 1740. The highest BCUT2D eigenvalue weighted by Crippen LogP contribution is 2.43. The molecule has 0 spiro atoms. The van der Waals surface area contributed by atoms with Gasteiger partial charge < -0.3 is 14.4 Å². The molecule has 7 heteroatoms. The molecule has 0 bridgehead atoms. The van der Waals surface area contributed by atoms with Crippen molar-refractivity contribution in [2.24, 2.45) is 7.05 Å². The third-order valence-corrected chi connectivity index (χ3v) is 8.74. The van der Waals surface area contributed by atoms with E-state index in [0.717, 1.165) is 94.0 Å². The number of carbonyl (C=O) groups is 1. The number of rotatable bonds is 7. The minimum atomic E-state index is -0.898. The quantitative estimate of drug-likeness (QED) is 0.200. The number of aromatic nitrogens is 3. The predicted molar refractivity (Wildman–Crippen MR) is 165 cm³/mol. The van der Waals surface area contributed by atoms with Gasteiger partial charge in [-0.3, -0.25) is 4.68 Å². The lowest BCUT2D eigenvalue weighted by atomic mass is 9.95. The highest BCUT2D eigenvalue weighted by Gasteiger charge is 2.29. The van der Waals surface area contributed by atoms with Crippen LogP contribution in [0.3, 0.4) is 0 Å². The van der Waals surface area contributed by atoms with Gasteiger partial charge in [-0.2, -0.15) is 5.10 Å². The van der Waals surface area contributed by atoms with Gasteiger partial charge in [-0.1, -0.05) is 73.8 Å². The van der Waals surface area contributed by atoms with E-state index in [1.54, 1.807) is 0 Å². The van der Waals surface area contributed by atoms with Gasteiger partial charge >= 0.3 is 5.97 Å². The SMILES string of the molecule is CCc1c2c(nn1C)CCCCCCn1c(C(=O)O)c(CCCOc3cccc4ccccc34)c3ccc(Cl)c-2c31. The summed E-state index contributed by atoms with van der Waals surface area (Å²) in [6.07, 6.45) is 7.11. The molecule has 0 unspecified atom stereocenters. The van der Waals surface area contributed by atoms with E-state index in [1.165, 1.54) is 0 Å². The number of carboxylic acids is 1. The van der Waals surface area contributed by atoms with Crippen LogP contribution in [-0.4, -0.2) is 32.0 Å². The molecule has 3 aromatic carbocycles. The van der Waals surface area contributed by atoms with Crippen LogP contribution in [0.4, 0.5) is 0 Å². The van der Waals surface area contributed by atoms with E-state index in [0.29, 0.717) is 36.7 Å². The largest absolute Gasteiger partial charge is 0.493 e. The van der Waals surface area contributed by atoms with Crippen LogP contribution in [-0.2, 0) is 32.9 Å². The zero-order chi connectivity index (χ0) is 28.5. The molecule has 0 radical (unpaired) electrons. The molecule has 0 atom stereocenters. The molecule has 6 nitrogen and oxygen atoms in total. The molecule has 1 aliphatic heterocycles. The molecule has 1 aliphatic rings. The van der Waals surface area contributed by atoms with E-state index in [2.05, 4.69) is 25.1 Å². The number of aromatic carboxylic acids is 1. The fraction of sp³-hybridized carbons (Fsp3) is 0.353. The van der Waals surface area contributed by atoms with E-state index in [1.807, 2.05) is 52.7 Å². The molecule has 212 valence electrons.